The lowest BCUT2D eigenvalue weighted by atomic mass is 10.1. The topological polar surface area (TPSA) is 64.8 Å². The van der Waals surface area contributed by atoms with Gasteiger partial charge in [-0.15, -0.1) is 0 Å². The number of carbonyl (C=O) groups is 1. The predicted octanol–water partition coefficient (Wildman–Crippen LogP) is 2.15. The number of hydrogen-bond donors (Lipinski definition) is 1. The number of carbonyl (C=O) groups excluding carboxylic acids is 1. The summed E-state index contributed by atoms with van der Waals surface area (Å²) < 4.78 is 10.7. The Balaban J connectivity index is 1.62. The minimum atomic E-state index is -0.403. The molecule has 0 aromatic heterocycles. The first-order chi connectivity index (χ1) is 10.6. The second-order valence-corrected chi connectivity index (χ2v) is 5.42. The molecule has 0 atom stereocenters. The van der Waals surface area contributed by atoms with E-state index in [1.54, 1.807) is 12.1 Å². The van der Waals surface area contributed by atoms with Crippen molar-refractivity contribution in [3.63, 3.8) is 0 Å². The minimum absolute atomic E-state index is 0.292. The van der Waals surface area contributed by atoms with Crippen LogP contribution in [0.1, 0.15) is 21.5 Å². The molecule has 114 valence electrons. The van der Waals surface area contributed by atoms with Crippen LogP contribution in [-0.2, 0) is 13.1 Å². The molecule has 0 bridgehead atoms. The predicted molar refractivity (Wildman–Crippen MR) is 82.7 cm³/mol. The molecule has 0 radical (unpaired) electrons. The van der Waals surface area contributed by atoms with Gasteiger partial charge in [-0.05, 0) is 42.4 Å². The highest BCUT2D eigenvalue weighted by atomic mass is 16.7. The average Bonchev–Trinajstić information content (AvgIpc) is 2.95. The van der Waals surface area contributed by atoms with E-state index in [1.165, 1.54) is 5.56 Å². The van der Waals surface area contributed by atoms with Crippen LogP contribution in [-0.4, -0.2) is 24.6 Å². The van der Waals surface area contributed by atoms with Crippen molar-refractivity contribution in [3.8, 4) is 11.5 Å². The Morgan fingerprint density at radius 1 is 1.05 bits per heavy atom. The lowest BCUT2D eigenvalue weighted by Gasteiger charge is -2.17. The van der Waals surface area contributed by atoms with Gasteiger partial charge in [-0.2, -0.15) is 0 Å². The van der Waals surface area contributed by atoms with Crippen LogP contribution < -0.4 is 15.2 Å². The van der Waals surface area contributed by atoms with Gasteiger partial charge in [-0.25, -0.2) is 0 Å². The normalized spacial score (nSPS) is 12.6. The molecule has 22 heavy (non-hydrogen) atoms. The number of hydrogen-bond acceptors (Lipinski definition) is 4. The van der Waals surface area contributed by atoms with E-state index in [0.29, 0.717) is 12.4 Å². The fourth-order valence-electron chi connectivity index (χ4n) is 2.49. The molecule has 0 spiro atoms. The molecule has 1 aliphatic heterocycles. The molecule has 2 aromatic carbocycles. The van der Waals surface area contributed by atoms with Gasteiger partial charge in [-0.1, -0.05) is 18.2 Å². The summed E-state index contributed by atoms with van der Waals surface area (Å²) in [5.41, 5.74) is 8.07. The Kier molecular flexibility index (Phi) is 3.98. The molecular formula is C17H18N2O3. The molecular weight excluding hydrogens is 280 g/mol. The molecule has 5 heteroatoms. The van der Waals surface area contributed by atoms with Crippen molar-refractivity contribution in [1.29, 1.82) is 0 Å². The van der Waals surface area contributed by atoms with Crippen LogP contribution in [0, 0.1) is 0 Å². The third-order valence-electron chi connectivity index (χ3n) is 3.58. The number of primary amides is 1. The summed E-state index contributed by atoms with van der Waals surface area (Å²) in [5, 5.41) is 0. The average molecular weight is 298 g/mol. The van der Waals surface area contributed by atoms with Crippen molar-refractivity contribution in [3.05, 3.63) is 59.2 Å². The molecule has 0 saturated heterocycles. The first kappa shape index (κ1) is 14.4. The van der Waals surface area contributed by atoms with Crippen molar-refractivity contribution in [2.45, 2.75) is 13.1 Å². The Hall–Kier alpha value is -2.53. The van der Waals surface area contributed by atoms with E-state index in [0.717, 1.165) is 30.2 Å². The van der Waals surface area contributed by atoms with Crippen LogP contribution >= 0.6 is 0 Å². The Labute approximate surface area is 129 Å². The van der Waals surface area contributed by atoms with Gasteiger partial charge < -0.3 is 15.2 Å². The molecule has 2 aromatic rings. The largest absolute Gasteiger partial charge is 0.454 e. The van der Waals surface area contributed by atoms with E-state index in [9.17, 15) is 4.79 Å². The molecule has 1 amide bonds. The van der Waals surface area contributed by atoms with Gasteiger partial charge in [0, 0.05) is 18.7 Å². The third kappa shape index (κ3) is 3.20. The van der Waals surface area contributed by atoms with Gasteiger partial charge in [0.15, 0.2) is 11.5 Å². The highest BCUT2D eigenvalue weighted by molar-refractivity contribution is 5.92. The van der Waals surface area contributed by atoms with Crippen molar-refractivity contribution in [1.82, 2.24) is 4.90 Å². The van der Waals surface area contributed by atoms with Crippen LogP contribution in [0.5, 0.6) is 11.5 Å². The van der Waals surface area contributed by atoms with Crippen LogP contribution in [0.25, 0.3) is 0 Å². The summed E-state index contributed by atoms with van der Waals surface area (Å²) in [6, 6.07) is 13.4. The summed E-state index contributed by atoms with van der Waals surface area (Å²) in [5.74, 6) is 1.20. The quantitative estimate of drug-likeness (QED) is 0.918. The SMILES string of the molecule is CN(Cc1ccc(C(N)=O)cc1)Cc1ccc2c(c1)OCO2. The van der Waals surface area contributed by atoms with E-state index in [4.69, 9.17) is 15.2 Å². The second-order valence-electron chi connectivity index (χ2n) is 5.42. The standard InChI is InChI=1S/C17H18N2O3/c1-19(9-12-2-5-14(6-3-12)17(18)20)10-13-4-7-15-16(8-13)22-11-21-15/h2-8H,9-11H2,1H3,(H2,18,20). The van der Waals surface area contributed by atoms with Crippen LogP contribution in [0.15, 0.2) is 42.5 Å². The molecule has 0 saturated carbocycles. The van der Waals surface area contributed by atoms with E-state index in [-0.39, 0.29) is 0 Å². The highest BCUT2D eigenvalue weighted by Gasteiger charge is 2.13. The number of ether oxygens (including phenoxy) is 2. The van der Waals surface area contributed by atoms with E-state index in [2.05, 4.69) is 4.90 Å². The number of nitrogens with zero attached hydrogens (tertiary/aromatic N) is 1. The van der Waals surface area contributed by atoms with Gasteiger partial charge in [0.05, 0.1) is 0 Å². The highest BCUT2D eigenvalue weighted by Crippen LogP contribution is 2.32. The van der Waals surface area contributed by atoms with Gasteiger partial charge in [0.1, 0.15) is 0 Å². The maximum atomic E-state index is 11.1. The van der Waals surface area contributed by atoms with Crippen LogP contribution in [0.3, 0.4) is 0 Å². The van der Waals surface area contributed by atoms with Crippen molar-refractivity contribution in [2.75, 3.05) is 13.8 Å². The minimum Gasteiger partial charge on any atom is -0.454 e. The summed E-state index contributed by atoms with van der Waals surface area (Å²) in [6.45, 7) is 1.88. The summed E-state index contributed by atoms with van der Waals surface area (Å²) in [4.78, 5) is 13.2. The molecule has 2 N–H and O–H groups in total. The maximum Gasteiger partial charge on any atom is 0.248 e. The first-order valence-electron chi connectivity index (χ1n) is 7.07. The molecule has 0 fully saturated rings. The number of amides is 1. The number of nitrogens with two attached hydrogens (primary N) is 1. The smallest absolute Gasteiger partial charge is 0.248 e. The maximum absolute atomic E-state index is 11.1. The van der Waals surface area contributed by atoms with Gasteiger partial charge in [0.2, 0.25) is 12.7 Å². The van der Waals surface area contributed by atoms with E-state index < -0.39 is 5.91 Å². The number of fused-ring (bicyclic) bond motifs is 1. The zero-order chi connectivity index (χ0) is 15.5. The zero-order valence-electron chi connectivity index (χ0n) is 12.4. The lowest BCUT2D eigenvalue weighted by Crippen LogP contribution is -2.17. The Morgan fingerprint density at radius 3 is 2.41 bits per heavy atom. The van der Waals surface area contributed by atoms with Gasteiger partial charge in [-0.3, -0.25) is 9.69 Å². The summed E-state index contributed by atoms with van der Waals surface area (Å²) in [7, 11) is 2.05. The molecule has 1 heterocycles. The molecule has 1 aliphatic rings. The van der Waals surface area contributed by atoms with Crippen LogP contribution in [0.4, 0.5) is 0 Å². The van der Waals surface area contributed by atoms with Crippen molar-refractivity contribution in [2.24, 2.45) is 5.73 Å². The Morgan fingerprint density at radius 2 is 1.68 bits per heavy atom. The third-order valence-corrected chi connectivity index (χ3v) is 3.58. The number of benzene rings is 2. The second kappa shape index (κ2) is 6.07. The summed E-state index contributed by atoms with van der Waals surface area (Å²) >= 11 is 0. The first-order valence-corrected chi connectivity index (χ1v) is 7.07. The monoisotopic (exact) mass is 298 g/mol. The molecule has 0 unspecified atom stereocenters. The molecule has 5 nitrogen and oxygen atoms in total. The fourth-order valence-corrected chi connectivity index (χ4v) is 2.49. The zero-order valence-corrected chi connectivity index (χ0v) is 12.4. The van der Waals surface area contributed by atoms with Crippen molar-refractivity contribution < 1.29 is 14.3 Å². The Bertz CT molecular complexity index is 683. The van der Waals surface area contributed by atoms with E-state index in [1.807, 2.05) is 37.4 Å². The molecule has 3 rings (SSSR count). The summed E-state index contributed by atoms with van der Waals surface area (Å²) in [6.07, 6.45) is 0. The van der Waals surface area contributed by atoms with E-state index >= 15 is 0 Å². The van der Waals surface area contributed by atoms with Gasteiger partial charge >= 0.3 is 0 Å². The number of rotatable bonds is 5. The lowest BCUT2D eigenvalue weighted by molar-refractivity contribution is 0.100. The van der Waals surface area contributed by atoms with Crippen molar-refractivity contribution >= 4 is 5.91 Å². The molecule has 0 aliphatic carbocycles. The fraction of sp³-hybridized carbons (Fsp3) is 0.235. The van der Waals surface area contributed by atoms with Gasteiger partial charge in [0.25, 0.3) is 0 Å². The van der Waals surface area contributed by atoms with Crippen LogP contribution in [0.2, 0.25) is 0 Å².